The Balaban J connectivity index is 3.07. The second-order valence-corrected chi connectivity index (χ2v) is 4.12. The van der Waals surface area contributed by atoms with E-state index >= 15 is 0 Å². The standard InChI is InChI=1S/C6H9NO3S/c1-5-3-4-11(9,10)7(5)6(2)8/h3-5H,1-2H3. The third kappa shape index (κ3) is 1.28. The van der Waals surface area contributed by atoms with Crippen LogP contribution in [0.4, 0.5) is 0 Å². The van der Waals surface area contributed by atoms with Crippen LogP contribution in [0.5, 0.6) is 0 Å². The summed E-state index contributed by atoms with van der Waals surface area (Å²) >= 11 is 0. The summed E-state index contributed by atoms with van der Waals surface area (Å²) in [5.41, 5.74) is 0. The van der Waals surface area contributed by atoms with Crippen molar-refractivity contribution in [3.05, 3.63) is 11.5 Å². The van der Waals surface area contributed by atoms with E-state index in [0.29, 0.717) is 0 Å². The quantitative estimate of drug-likeness (QED) is 0.524. The minimum atomic E-state index is -3.43. The van der Waals surface area contributed by atoms with Gasteiger partial charge in [0.25, 0.3) is 10.0 Å². The molecule has 0 saturated carbocycles. The van der Waals surface area contributed by atoms with Gasteiger partial charge >= 0.3 is 0 Å². The molecular formula is C6H9NO3S. The van der Waals surface area contributed by atoms with Crippen LogP contribution in [0.2, 0.25) is 0 Å². The summed E-state index contributed by atoms with van der Waals surface area (Å²) in [6.07, 6.45) is 1.48. The third-order valence-corrected chi connectivity index (χ3v) is 3.12. The average molecular weight is 175 g/mol. The Morgan fingerprint density at radius 3 is 2.27 bits per heavy atom. The topological polar surface area (TPSA) is 54.5 Å². The summed E-state index contributed by atoms with van der Waals surface area (Å²) in [6.45, 7) is 2.89. The van der Waals surface area contributed by atoms with Gasteiger partial charge in [-0.1, -0.05) is 0 Å². The summed E-state index contributed by atoms with van der Waals surface area (Å²) in [5.74, 6) is -0.442. The van der Waals surface area contributed by atoms with Crippen molar-refractivity contribution in [1.82, 2.24) is 4.31 Å². The summed E-state index contributed by atoms with van der Waals surface area (Å²) in [4.78, 5) is 10.8. The smallest absolute Gasteiger partial charge is 0.259 e. The van der Waals surface area contributed by atoms with Gasteiger partial charge in [0.05, 0.1) is 6.04 Å². The zero-order chi connectivity index (χ0) is 8.65. The highest BCUT2D eigenvalue weighted by Gasteiger charge is 2.31. The number of rotatable bonds is 0. The second kappa shape index (κ2) is 2.34. The molecule has 0 fully saturated rings. The Labute approximate surface area is 65.6 Å². The number of amides is 1. The van der Waals surface area contributed by atoms with Crippen molar-refractivity contribution in [2.75, 3.05) is 0 Å². The number of carbonyl (C=O) groups excluding carboxylic acids is 1. The number of nitrogens with zero attached hydrogens (tertiary/aromatic N) is 1. The van der Waals surface area contributed by atoms with Gasteiger partial charge in [0.2, 0.25) is 5.91 Å². The van der Waals surface area contributed by atoms with Crippen LogP contribution in [0.15, 0.2) is 11.5 Å². The lowest BCUT2D eigenvalue weighted by Crippen LogP contribution is -2.35. The van der Waals surface area contributed by atoms with E-state index in [4.69, 9.17) is 0 Å². The van der Waals surface area contributed by atoms with Crippen molar-refractivity contribution in [2.45, 2.75) is 19.9 Å². The summed E-state index contributed by atoms with van der Waals surface area (Å²) < 4.78 is 22.9. The molecular weight excluding hydrogens is 166 g/mol. The molecule has 0 spiro atoms. The van der Waals surface area contributed by atoms with Crippen LogP contribution in [0.1, 0.15) is 13.8 Å². The van der Waals surface area contributed by atoms with Crippen molar-refractivity contribution < 1.29 is 13.2 Å². The fourth-order valence-electron chi connectivity index (χ4n) is 1.05. The molecule has 1 atom stereocenters. The van der Waals surface area contributed by atoms with Gasteiger partial charge < -0.3 is 0 Å². The maximum Gasteiger partial charge on any atom is 0.259 e. The number of carbonyl (C=O) groups is 1. The molecule has 1 rings (SSSR count). The lowest BCUT2D eigenvalue weighted by atomic mass is 10.3. The van der Waals surface area contributed by atoms with Gasteiger partial charge in [-0.05, 0) is 13.0 Å². The molecule has 0 N–H and O–H groups in total. The fourth-order valence-corrected chi connectivity index (χ4v) is 2.50. The monoisotopic (exact) mass is 175 g/mol. The molecule has 0 bridgehead atoms. The maximum absolute atomic E-state index is 11.0. The first-order valence-electron chi connectivity index (χ1n) is 3.18. The average Bonchev–Trinajstić information content (AvgIpc) is 2.06. The molecule has 0 radical (unpaired) electrons. The van der Waals surface area contributed by atoms with Crippen LogP contribution in [0.25, 0.3) is 0 Å². The number of hydrogen-bond donors (Lipinski definition) is 0. The zero-order valence-corrected chi connectivity index (χ0v) is 7.13. The first kappa shape index (κ1) is 8.26. The van der Waals surface area contributed by atoms with Gasteiger partial charge in [0.1, 0.15) is 0 Å². The minimum Gasteiger partial charge on any atom is -0.274 e. The Hall–Kier alpha value is -0.840. The van der Waals surface area contributed by atoms with E-state index < -0.39 is 15.9 Å². The van der Waals surface area contributed by atoms with E-state index in [2.05, 4.69) is 0 Å². The molecule has 0 aromatic carbocycles. The van der Waals surface area contributed by atoms with E-state index in [1.165, 1.54) is 13.0 Å². The molecule has 0 aliphatic carbocycles. The van der Waals surface area contributed by atoms with Gasteiger partial charge in [-0.3, -0.25) is 4.79 Å². The number of hydrogen-bond acceptors (Lipinski definition) is 3. The normalized spacial score (nSPS) is 27.5. The van der Waals surface area contributed by atoms with Gasteiger partial charge in [0, 0.05) is 12.3 Å². The van der Waals surface area contributed by atoms with Gasteiger partial charge in [0.15, 0.2) is 0 Å². The van der Waals surface area contributed by atoms with Gasteiger partial charge in [-0.25, -0.2) is 12.7 Å². The lowest BCUT2D eigenvalue weighted by molar-refractivity contribution is -0.124. The minimum absolute atomic E-state index is 0.336. The van der Waals surface area contributed by atoms with Crippen LogP contribution in [-0.2, 0) is 14.8 Å². The molecule has 5 heteroatoms. The Kier molecular flexibility index (Phi) is 1.75. The van der Waals surface area contributed by atoms with Gasteiger partial charge in [-0.15, -0.1) is 0 Å². The van der Waals surface area contributed by atoms with Crippen LogP contribution in [0, 0.1) is 0 Å². The van der Waals surface area contributed by atoms with Crippen molar-refractivity contribution >= 4 is 15.9 Å². The molecule has 4 nitrogen and oxygen atoms in total. The van der Waals surface area contributed by atoms with Crippen molar-refractivity contribution in [3.63, 3.8) is 0 Å². The molecule has 1 amide bonds. The van der Waals surface area contributed by atoms with E-state index in [0.717, 1.165) is 9.71 Å². The molecule has 0 aromatic heterocycles. The molecule has 0 saturated heterocycles. The second-order valence-electron chi connectivity index (χ2n) is 2.43. The summed E-state index contributed by atoms with van der Waals surface area (Å²) in [5, 5.41) is 1.05. The van der Waals surface area contributed by atoms with E-state index in [1.54, 1.807) is 6.92 Å². The summed E-state index contributed by atoms with van der Waals surface area (Å²) in [6, 6.07) is -0.336. The SMILES string of the molecule is CC(=O)N1C(C)C=CS1(=O)=O. The maximum atomic E-state index is 11.0. The zero-order valence-electron chi connectivity index (χ0n) is 6.31. The highest BCUT2D eigenvalue weighted by molar-refractivity contribution is 7.92. The van der Waals surface area contributed by atoms with E-state index in [-0.39, 0.29) is 6.04 Å². The molecule has 11 heavy (non-hydrogen) atoms. The van der Waals surface area contributed by atoms with Gasteiger partial charge in [-0.2, -0.15) is 0 Å². The molecule has 0 aromatic rings. The Morgan fingerprint density at radius 1 is 1.55 bits per heavy atom. The fraction of sp³-hybridized carbons (Fsp3) is 0.500. The molecule has 1 heterocycles. The first-order valence-corrected chi connectivity index (χ1v) is 4.68. The largest absolute Gasteiger partial charge is 0.274 e. The van der Waals surface area contributed by atoms with E-state index in [1.807, 2.05) is 0 Å². The van der Waals surface area contributed by atoms with Crippen molar-refractivity contribution in [3.8, 4) is 0 Å². The first-order chi connectivity index (χ1) is 4.95. The van der Waals surface area contributed by atoms with E-state index in [9.17, 15) is 13.2 Å². The lowest BCUT2D eigenvalue weighted by Gasteiger charge is -2.17. The summed E-state index contributed by atoms with van der Waals surface area (Å²) in [7, 11) is -3.43. The van der Waals surface area contributed by atoms with Crippen LogP contribution in [-0.4, -0.2) is 24.7 Å². The van der Waals surface area contributed by atoms with Crippen LogP contribution >= 0.6 is 0 Å². The molecule has 1 aliphatic heterocycles. The van der Waals surface area contributed by atoms with Crippen LogP contribution < -0.4 is 0 Å². The van der Waals surface area contributed by atoms with Crippen LogP contribution in [0.3, 0.4) is 0 Å². The molecule has 1 aliphatic rings. The Morgan fingerprint density at radius 2 is 2.09 bits per heavy atom. The predicted molar refractivity (Wildman–Crippen MR) is 40.0 cm³/mol. The predicted octanol–water partition coefficient (Wildman–Crippen LogP) is 0.0805. The van der Waals surface area contributed by atoms with Crippen molar-refractivity contribution in [1.29, 1.82) is 0 Å². The third-order valence-electron chi connectivity index (χ3n) is 1.48. The highest BCUT2D eigenvalue weighted by Crippen LogP contribution is 2.17. The van der Waals surface area contributed by atoms with Crippen molar-refractivity contribution in [2.24, 2.45) is 0 Å². The molecule has 62 valence electrons. The highest BCUT2D eigenvalue weighted by atomic mass is 32.2. The molecule has 1 unspecified atom stereocenters. The number of sulfonamides is 1. The Bertz CT molecular complexity index is 304.